The molecular formula is C12H28N2O10. The van der Waals surface area contributed by atoms with E-state index in [2.05, 4.69) is 10.6 Å². The van der Waals surface area contributed by atoms with Gasteiger partial charge >= 0.3 is 11.9 Å². The Kier molecular flexibility index (Phi) is 24.7. The molecule has 10 N–H and O–H groups in total. The molecule has 0 aliphatic carbocycles. The SMILES string of the molecule is O=C(O)C(O)C(O)C(=O)O.OCCNCCO.OCCNCCO. The van der Waals surface area contributed by atoms with Crippen molar-refractivity contribution in [2.75, 3.05) is 52.6 Å². The monoisotopic (exact) mass is 360 g/mol. The number of rotatable bonds is 11. The van der Waals surface area contributed by atoms with Crippen molar-refractivity contribution >= 4 is 11.9 Å². The summed E-state index contributed by atoms with van der Waals surface area (Å²) < 4.78 is 0. The summed E-state index contributed by atoms with van der Waals surface area (Å²) in [6.45, 7) is 2.84. The van der Waals surface area contributed by atoms with Crippen LogP contribution in [0.3, 0.4) is 0 Å². The summed E-state index contributed by atoms with van der Waals surface area (Å²) in [7, 11) is 0. The van der Waals surface area contributed by atoms with E-state index >= 15 is 0 Å². The van der Waals surface area contributed by atoms with Crippen LogP contribution in [0.1, 0.15) is 0 Å². The lowest BCUT2D eigenvalue weighted by atomic mass is 10.2. The van der Waals surface area contributed by atoms with Crippen LogP contribution < -0.4 is 10.6 Å². The molecule has 0 saturated heterocycles. The second kappa shape index (κ2) is 21.6. The van der Waals surface area contributed by atoms with E-state index in [-0.39, 0.29) is 26.4 Å². The Morgan fingerprint density at radius 2 is 0.833 bits per heavy atom. The van der Waals surface area contributed by atoms with Crippen molar-refractivity contribution in [3.8, 4) is 0 Å². The molecule has 12 nitrogen and oxygen atoms in total. The van der Waals surface area contributed by atoms with Crippen LogP contribution in [-0.2, 0) is 9.59 Å². The first-order valence-corrected chi connectivity index (χ1v) is 6.96. The van der Waals surface area contributed by atoms with Crippen molar-refractivity contribution in [2.24, 2.45) is 0 Å². The second-order valence-corrected chi connectivity index (χ2v) is 3.96. The van der Waals surface area contributed by atoms with Gasteiger partial charge in [0.05, 0.1) is 26.4 Å². The smallest absolute Gasteiger partial charge is 0.335 e. The normalized spacial score (nSPS) is 12.1. The number of nitrogens with one attached hydrogen (secondary N) is 2. The van der Waals surface area contributed by atoms with Crippen LogP contribution in [0.15, 0.2) is 0 Å². The van der Waals surface area contributed by atoms with Crippen LogP contribution >= 0.6 is 0 Å². The van der Waals surface area contributed by atoms with Gasteiger partial charge in [0, 0.05) is 26.2 Å². The largest absolute Gasteiger partial charge is 0.479 e. The van der Waals surface area contributed by atoms with E-state index in [4.69, 9.17) is 40.9 Å². The number of carbonyl (C=O) groups is 2. The molecule has 2 atom stereocenters. The topological polar surface area (TPSA) is 220 Å². The molecule has 0 heterocycles. The molecule has 0 radical (unpaired) electrons. The molecule has 0 aliphatic heterocycles. The van der Waals surface area contributed by atoms with Crippen molar-refractivity contribution < 1.29 is 50.4 Å². The number of aliphatic carboxylic acids is 2. The number of aliphatic hydroxyl groups excluding tert-OH is 6. The predicted octanol–water partition coefficient (Wildman–Crippen LogP) is -5.00. The fourth-order valence-electron chi connectivity index (χ4n) is 0.836. The third-order valence-corrected chi connectivity index (χ3v) is 1.96. The number of hydrogen-bond donors (Lipinski definition) is 10. The van der Waals surface area contributed by atoms with Crippen LogP contribution in [0.5, 0.6) is 0 Å². The van der Waals surface area contributed by atoms with Crippen LogP contribution in [0.2, 0.25) is 0 Å². The highest BCUT2D eigenvalue weighted by Crippen LogP contribution is 1.92. The van der Waals surface area contributed by atoms with Crippen LogP contribution in [0.25, 0.3) is 0 Å². The second-order valence-electron chi connectivity index (χ2n) is 3.96. The Balaban J connectivity index is -0.000000283. The zero-order chi connectivity index (χ0) is 19.4. The highest BCUT2D eigenvalue weighted by molar-refractivity contribution is 5.83. The standard InChI is InChI=1S/2C4H11NO2.C4H6O6/c2*6-3-1-5-2-4-7;5-1(3(7)8)2(6)4(9)10/h2*5-7H,1-4H2;1-2,5-6H,(H,7,8)(H,9,10). The quantitative estimate of drug-likeness (QED) is 0.156. The minimum absolute atomic E-state index is 0.139. The summed E-state index contributed by atoms with van der Waals surface area (Å²) in [4.78, 5) is 19.5. The lowest BCUT2D eigenvalue weighted by Gasteiger charge is -2.07. The zero-order valence-corrected chi connectivity index (χ0v) is 13.2. The first-order valence-electron chi connectivity index (χ1n) is 6.96. The fraction of sp³-hybridized carbons (Fsp3) is 0.833. The summed E-state index contributed by atoms with van der Waals surface area (Å²) in [5, 5.41) is 70.7. The van der Waals surface area contributed by atoms with E-state index in [1.54, 1.807) is 0 Å². The van der Waals surface area contributed by atoms with Gasteiger partial charge in [-0.25, -0.2) is 9.59 Å². The number of carboxylic acids is 2. The highest BCUT2D eigenvalue weighted by atomic mass is 16.4. The van der Waals surface area contributed by atoms with Gasteiger partial charge in [-0.05, 0) is 0 Å². The molecule has 0 bridgehead atoms. The van der Waals surface area contributed by atoms with E-state index in [0.717, 1.165) is 0 Å². The number of aliphatic hydroxyl groups is 6. The summed E-state index contributed by atoms with van der Waals surface area (Å²) in [5.41, 5.74) is 0. The molecule has 146 valence electrons. The van der Waals surface area contributed by atoms with Gasteiger partial charge in [-0.15, -0.1) is 0 Å². The maximum atomic E-state index is 9.77. The lowest BCUT2D eigenvalue weighted by molar-refractivity contribution is -0.165. The van der Waals surface area contributed by atoms with Crippen molar-refractivity contribution in [2.45, 2.75) is 12.2 Å². The predicted molar refractivity (Wildman–Crippen MR) is 81.4 cm³/mol. The number of carboxylic acid groups (broad SMARTS) is 2. The van der Waals surface area contributed by atoms with Crippen molar-refractivity contribution in [1.82, 2.24) is 10.6 Å². The van der Waals surface area contributed by atoms with Gasteiger partial charge < -0.3 is 51.5 Å². The van der Waals surface area contributed by atoms with E-state index < -0.39 is 24.1 Å². The molecule has 0 aliphatic rings. The Bertz CT molecular complexity index is 257. The molecule has 0 rings (SSSR count). The van der Waals surface area contributed by atoms with Crippen molar-refractivity contribution in [1.29, 1.82) is 0 Å². The first-order chi connectivity index (χ1) is 11.3. The average molecular weight is 360 g/mol. The number of hydrogen-bond acceptors (Lipinski definition) is 10. The van der Waals surface area contributed by atoms with Gasteiger partial charge in [-0.2, -0.15) is 0 Å². The van der Waals surface area contributed by atoms with Crippen LogP contribution in [-0.4, -0.2) is 118 Å². The van der Waals surface area contributed by atoms with E-state index in [1.165, 1.54) is 0 Å². The molecule has 0 amide bonds. The molecule has 2 unspecified atom stereocenters. The van der Waals surface area contributed by atoms with Gasteiger partial charge in [-0.1, -0.05) is 0 Å². The Labute approximate surface area is 139 Å². The maximum Gasteiger partial charge on any atom is 0.335 e. The minimum atomic E-state index is -2.27. The van der Waals surface area contributed by atoms with Crippen LogP contribution in [0, 0.1) is 0 Å². The van der Waals surface area contributed by atoms with Crippen molar-refractivity contribution in [3.05, 3.63) is 0 Å². The molecule has 24 heavy (non-hydrogen) atoms. The Hall–Kier alpha value is -1.38. The molecule has 0 aromatic rings. The van der Waals surface area contributed by atoms with Gasteiger partial charge in [-0.3, -0.25) is 0 Å². The maximum absolute atomic E-state index is 9.77. The first kappa shape index (κ1) is 27.5. The molecule has 0 spiro atoms. The lowest BCUT2D eigenvalue weighted by Crippen LogP contribution is -2.39. The summed E-state index contributed by atoms with van der Waals surface area (Å²) in [6, 6.07) is 0. The van der Waals surface area contributed by atoms with Crippen molar-refractivity contribution in [3.63, 3.8) is 0 Å². The fourth-order valence-corrected chi connectivity index (χ4v) is 0.836. The molecule has 12 heteroatoms. The Morgan fingerprint density at radius 1 is 0.625 bits per heavy atom. The summed E-state index contributed by atoms with van der Waals surface area (Å²) in [5.74, 6) is -3.54. The van der Waals surface area contributed by atoms with Crippen LogP contribution in [0.4, 0.5) is 0 Å². The molecular weight excluding hydrogens is 332 g/mol. The zero-order valence-electron chi connectivity index (χ0n) is 13.2. The molecule has 0 fully saturated rings. The van der Waals surface area contributed by atoms with Gasteiger partial charge in [0.1, 0.15) is 0 Å². The summed E-state index contributed by atoms with van der Waals surface area (Å²) >= 11 is 0. The van der Waals surface area contributed by atoms with E-state index in [0.29, 0.717) is 26.2 Å². The van der Waals surface area contributed by atoms with E-state index in [1.807, 2.05) is 0 Å². The summed E-state index contributed by atoms with van der Waals surface area (Å²) in [6.07, 6.45) is -4.53. The van der Waals surface area contributed by atoms with Gasteiger partial charge in [0.2, 0.25) is 0 Å². The molecule has 0 aromatic heterocycles. The van der Waals surface area contributed by atoms with E-state index in [9.17, 15) is 9.59 Å². The minimum Gasteiger partial charge on any atom is -0.479 e. The van der Waals surface area contributed by atoms with Gasteiger partial charge in [0.15, 0.2) is 12.2 Å². The average Bonchev–Trinajstić information content (AvgIpc) is 2.55. The third kappa shape index (κ3) is 22.9. The highest BCUT2D eigenvalue weighted by Gasteiger charge is 2.29. The molecule has 0 aromatic carbocycles. The molecule has 0 saturated carbocycles. The van der Waals surface area contributed by atoms with Gasteiger partial charge in [0.25, 0.3) is 0 Å². The third-order valence-electron chi connectivity index (χ3n) is 1.96. The Morgan fingerprint density at radius 3 is 0.958 bits per heavy atom.